The quantitative estimate of drug-likeness (QED) is 0.716. The highest BCUT2D eigenvalue weighted by atomic mass is 16.5. The number of benzene rings is 2. The molecule has 0 aliphatic carbocycles. The molecule has 0 saturated carbocycles. The minimum Gasteiger partial charge on any atom is -0.497 e. The molecule has 0 saturated heterocycles. The number of hydrogen-bond acceptors (Lipinski definition) is 3. The molecule has 1 heterocycles. The lowest BCUT2D eigenvalue weighted by molar-refractivity contribution is 0.414. The highest BCUT2D eigenvalue weighted by molar-refractivity contribution is 5.78. The lowest BCUT2D eigenvalue weighted by Gasteiger charge is -2.08. The molecule has 3 rings (SSSR count). The van der Waals surface area contributed by atoms with Gasteiger partial charge in [-0.05, 0) is 43.3 Å². The predicted octanol–water partition coefficient (Wildman–Crippen LogP) is 2.70. The van der Waals surface area contributed by atoms with E-state index in [1.165, 1.54) is 0 Å². The Morgan fingerprint density at radius 2 is 1.85 bits per heavy atom. The summed E-state index contributed by atoms with van der Waals surface area (Å²) in [6, 6.07) is 13.0. The van der Waals surface area contributed by atoms with Crippen LogP contribution in [0.2, 0.25) is 0 Å². The number of fused-ring (bicyclic) bond motifs is 1. The Morgan fingerprint density at radius 3 is 2.55 bits per heavy atom. The summed E-state index contributed by atoms with van der Waals surface area (Å²) in [5, 5.41) is 0.628. The van der Waals surface area contributed by atoms with Crippen LogP contribution in [0.3, 0.4) is 0 Å². The summed E-state index contributed by atoms with van der Waals surface area (Å²) in [5.41, 5.74) is 2.46. The number of aromatic nitrogens is 2. The van der Waals surface area contributed by atoms with E-state index in [2.05, 4.69) is 4.98 Å². The largest absolute Gasteiger partial charge is 0.497 e. The van der Waals surface area contributed by atoms with E-state index in [1.54, 1.807) is 18.0 Å². The SMILES string of the molecule is COc1ccc(-n2cnc3ccc(C)cc3c2=O)cc1. The van der Waals surface area contributed by atoms with Gasteiger partial charge in [-0.3, -0.25) is 9.36 Å². The van der Waals surface area contributed by atoms with E-state index in [0.29, 0.717) is 10.9 Å². The summed E-state index contributed by atoms with van der Waals surface area (Å²) in [6.45, 7) is 1.96. The summed E-state index contributed by atoms with van der Waals surface area (Å²) < 4.78 is 6.66. The lowest BCUT2D eigenvalue weighted by atomic mass is 10.1. The molecule has 3 aromatic rings. The van der Waals surface area contributed by atoms with Crippen LogP contribution in [0.25, 0.3) is 16.6 Å². The van der Waals surface area contributed by atoms with Crippen molar-refractivity contribution in [3.05, 3.63) is 64.7 Å². The minimum atomic E-state index is -0.0659. The van der Waals surface area contributed by atoms with Crippen LogP contribution in [-0.2, 0) is 0 Å². The Balaban J connectivity index is 2.20. The fourth-order valence-electron chi connectivity index (χ4n) is 2.16. The van der Waals surface area contributed by atoms with E-state index < -0.39 is 0 Å². The number of ether oxygens (including phenoxy) is 1. The van der Waals surface area contributed by atoms with Gasteiger partial charge in [-0.25, -0.2) is 4.98 Å². The van der Waals surface area contributed by atoms with Crippen molar-refractivity contribution in [2.75, 3.05) is 7.11 Å². The highest BCUT2D eigenvalue weighted by Crippen LogP contribution is 2.15. The maximum atomic E-state index is 12.5. The molecule has 0 fully saturated rings. The highest BCUT2D eigenvalue weighted by Gasteiger charge is 2.06. The van der Waals surface area contributed by atoms with Crippen LogP contribution < -0.4 is 10.3 Å². The Morgan fingerprint density at radius 1 is 1.10 bits per heavy atom. The van der Waals surface area contributed by atoms with Gasteiger partial charge < -0.3 is 4.74 Å². The molecular formula is C16H14N2O2. The molecular weight excluding hydrogens is 252 g/mol. The van der Waals surface area contributed by atoms with Gasteiger partial charge in [0.25, 0.3) is 5.56 Å². The smallest absolute Gasteiger partial charge is 0.265 e. The van der Waals surface area contributed by atoms with Crippen LogP contribution in [0.1, 0.15) is 5.56 Å². The Bertz CT molecular complexity index is 820. The summed E-state index contributed by atoms with van der Waals surface area (Å²) in [6.07, 6.45) is 1.56. The van der Waals surface area contributed by atoms with Gasteiger partial charge in [0, 0.05) is 0 Å². The zero-order valence-corrected chi connectivity index (χ0v) is 11.3. The van der Waals surface area contributed by atoms with Gasteiger partial charge in [-0.15, -0.1) is 0 Å². The third-order valence-corrected chi connectivity index (χ3v) is 3.26. The predicted molar refractivity (Wildman–Crippen MR) is 78.6 cm³/mol. The summed E-state index contributed by atoms with van der Waals surface area (Å²) >= 11 is 0. The normalized spacial score (nSPS) is 10.7. The first-order valence-corrected chi connectivity index (χ1v) is 6.31. The van der Waals surface area contributed by atoms with Crippen molar-refractivity contribution in [2.45, 2.75) is 6.92 Å². The molecule has 4 nitrogen and oxygen atoms in total. The van der Waals surface area contributed by atoms with Crippen molar-refractivity contribution in [2.24, 2.45) is 0 Å². The fourth-order valence-corrected chi connectivity index (χ4v) is 2.16. The van der Waals surface area contributed by atoms with Gasteiger partial charge in [-0.2, -0.15) is 0 Å². The van der Waals surface area contributed by atoms with Gasteiger partial charge in [-0.1, -0.05) is 11.6 Å². The Hall–Kier alpha value is -2.62. The molecule has 2 aromatic carbocycles. The summed E-state index contributed by atoms with van der Waals surface area (Å²) in [4.78, 5) is 16.9. The first-order valence-electron chi connectivity index (χ1n) is 6.31. The van der Waals surface area contributed by atoms with Crippen LogP contribution in [-0.4, -0.2) is 16.7 Å². The van der Waals surface area contributed by atoms with Crippen LogP contribution in [0.15, 0.2) is 53.6 Å². The second-order valence-electron chi connectivity index (χ2n) is 4.64. The molecule has 0 bridgehead atoms. The molecule has 0 aliphatic rings. The van der Waals surface area contributed by atoms with Gasteiger partial charge in [0.15, 0.2) is 0 Å². The number of methoxy groups -OCH3 is 1. The number of aryl methyl sites for hydroxylation is 1. The Kier molecular flexibility index (Phi) is 2.99. The summed E-state index contributed by atoms with van der Waals surface area (Å²) in [7, 11) is 1.61. The molecule has 1 aromatic heterocycles. The molecule has 0 radical (unpaired) electrons. The van der Waals surface area contributed by atoms with Gasteiger partial charge in [0.2, 0.25) is 0 Å². The van der Waals surface area contributed by atoms with Crippen molar-refractivity contribution in [1.82, 2.24) is 9.55 Å². The molecule has 20 heavy (non-hydrogen) atoms. The van der Waals surface area contributed by atoms with Crippen molar-refractivity contribution in [1.29, 1.82) is 0 Å². The second-order valence-corrected chi connectivity index (χ2v) is 4.64. The van der Waals surface area contributed by atoms with E-state index >= 15 is 0 Å². The zero-order valence-electron chi connectivity index (χ0n) is 11.3. The number of nitrogens with zero attached hydrogens (tertiary/aromatic N) is 2. The first-order chi connectivity index (χ1) is 9.69. The molecule has 100 valence electrons. The first kappa shape index (κ1) is 12.4. The second kappa shape index (κ2) is 4.81. The van der Waals surface area contributed by atoms with Gasteiger partial charge in [0.05, 0.1) is 23.7 Å². The van der Waals surface area contributed by atoms with E-state index in [0.717, 1.165) is 17.0 Å². The van der Waals surface area contributed by atoms with E-state index in [-0.39, 0.29) is 5.56 Å². The maximum absolute atomic E-state index is 12.5. The van der Waals surface area contributed by atoms with Crippen LogP contribution >= 0.6 is 0 Å². The lowest BCUT2D eigenvalue weighted by Crippen LogP contribution is -2.18. The van der Waals surface area contributed by atoms with Crippen LogP contribution in [0, 0.1) is 6.92 Å². The molecule has 0 atom stereocenters. The third kappa shape index (κ3) is 2.05. The van der Waals surface area contributed by atoms with Crippen molar-refractivity contribution < 1.29 is 4.74 Å². The molecule has 4 heteroatoms. The van der Waals surface area contributed by atoms with E-state index in [9.17, 15) is 4.79 Å². The number of hydrogen-bond donors (Lipinski definition) is 0. The molecule has 0 aliphatic heterocycles. The van der Waals surface area contributed by atoms with Gasteiger partial charge in [0.1, 0.15) is 12.1 Å². The van der Waals surface area contributed by atoms with E-state index in [4.69, 9.17) is 4.74 Å². The van der Waals surface area contributed by atoms with Crippen molar-refractivity contribution >= 4 is 10.9 Å². The monoisotopic (exact) mass is 266 g/mol. The maximum Gasteiger partial charge on any atom is 0.265 e. The minimum absolute atomic E-state index is 0.0659. The topological polar surface area (TPSA) is 44.1 Å². The van der Waals surface area contributed by atoms with E-state index in [1.807, 2.05) is 49.4 Å². The van der Waals surface area contributed by atoms with Crippen LogP contribution in [0.5, 0.6) is 5.75 Å². The summed E-state index contributed by atoms with van der Waals surface area (Å²) in [5.74, 6) is 0.756. The Labute approximate surface area is 116 Å². The van der Waals surface area contributed by atoms with Gasteiger partial charge >= 0.3 is 0 Å². The zero-order chi connectivity index (χ0) is 14.1. The van der Waals surface area contributed by atoms with Crippen molar-refractivity contribution in [3.63, 3.8) is 0 Å². The molecule has 0 amide bonds. The van der Waals surface area contributed by atoms with Crippen molar-refractivity contribution in [3.8, 4) is 11.4 Å². The standard InChI is InChI=1S/C16H14N2O2/c1-11-3-8-15-14(9-11)16(19)18(10-17-15)12-4-6-13(20-2)7-5-12/h3-10H,1-2H3. The van der Waals surface area contributed by atoms with Crippen LogP contribution in [0.4, 0.5) is 0 Å². The molecule has 0 spiro atoms. The average Bonchev–Trinajstić information content (AvgIpc) is 2.48. The third-order valence-electron chi connectivity index (χ3n) is 3.26. The fraction of sp³-hybridized carbons (Fsp3) is 0.125. The average molecular weight is 266 g/mol. The number of rotatable bonds is 2. The molecule has 0 unspecified atom stereocenters. The molecule has 0 N–H and O–H groups in total.